The summed E-state index contributed by atoms with van der Waals surface area (Å²) < 4.78 is 0. The summed E-state index contributed by atoms with van der Waals surface area (Å²) in [6.45, 7) is 9.27. The molecular formula is C77H138N2Pd. The maximum atomic E-state index is 5.55. The third-order valence-corrected chi connectivity index (χ3v) is 17.6. The molecule has 0 aliphatic heterocycles. The molecule has 0 aliphatic rings. The molecule has 0 radical (unpaired) electrons. The van der Waals surface area contributed by atoms with E-state index in [0.29, 0.717) is 0 Å². The summed E-state index contributed by atoms with van der Waals surface area (Å²) in [6.07, 6.45) is 82.0. The van der Waals surface area contributed by atoms with Crippen LogP contribution in [0.4, 0.5) is 11.4 Å². The van der Waals surface area contributed by atoms with Gasteiger partial charge in [-0.3, -0.25) is 9.98 Å². The number of aryl methyl sites for hydroxylation is 2. The van der Waals surface area contributed by atoms with Crippen molar-refractivity contribution in [2.75, 3.05) is 0 Å². The molecule has 0 unspecified atom stereocenters. The molecule has 2 rings (SSSR count). The van der Waals surface area contributed by atoms with Gasteiger partial charge in [0.1, 0.15) is 0 Å². The van der Waals surface area contributed by atoms with Crippen molar-refractivity contribution < 1.29 is 20.4 Å². The first-order valence-electron chi connectivity index (χ1n) is 36.5. The molecule has 0 saturated carbocycles. The normalized spacial score (nSPS) is 12.0. The molecule has 466 valence electrons. The average molecular weight is 1200 g/mol. The molecule has 0 amide bonds. The van der Waals surface area contributed by atoms with Gasteiger partial charge in [0.05, 0.1) is 22.8 Å². The van der Waals surface area contributed by atoms with E-state index in [1.54, 1.807) is 0 Å². The third-order valence-electron chi connectivity index (χ3n) is 17.6. The second-order valence-electron chi connectivity index (χ2n) is 25.5. The van der Waals surface area contributed by atoms with Gasteiger partial charge in [-0.25, -0.2) is 0 Å². The summed E-state index contributed by atoms with van der Waals surface area (Å²) in [4.78, 5) is 11.1. The van der Waals surface area contributed by atoms with Crippen molar-refractivity contribution in [3.05, 3.63) is 59.7 Å². The Morgan fingerprint density at radius 2 is 0.438 bits per heavy atom. The quantitative estimate of drug-likeness (QED) is 0.0358. The van der Waals surface area contributed by atoms with Gasteiger partial charge in [-0.1, -0.05) is 379 Å². The van der Waals surface area contributed by atoms with E-state index in [1.165, 1.54) is 382 Å². The maximum Gasteiger partial charge on any atom is 0.0636 e. The van der Waals surface area contributed by atoms with E-state index in [9.17, 15) is 0 Å². The van der Waals surface area contributed by atoms with Gasteiger partial charge in [-0.2, -0.15) is 0 Å². The molecule has 2 nitrogen and oxygen atoms in total. The summed E-state index contributed by atoms with van der Waals surface area (Å²) in [5.74, 6) is 0. The van der Waals surface area contributed by atoms with Crippen LogP contribution >= 0.6 is 0 Å². The summed E-state index contributed by atoms with van der Waals surface area (Å²) >= 11 is 0. The molecule has 3 heteroatoms. The molecule has 0 heterocycles. The summed E-state index contributed by atoms with van der Waals surface area (Å²) in [6, 6.07) is 18.5. The third kappa shape index (κ3) is 49.8. The zero-order valence-electron chi connectivity index (χ0n) is 54.5. The van der Waals surface area contributed by atoms with Crippen LogP contribution in [0.2, 0.25) is 0 Å². The van der Waals surface area contributed by atoms with E-state index in [1.807, 2.05) is 0 Å². The first-order chi connectivity index (χ1) is 39.2. The van der Waals surface area contributed by atoms with Crippen LogP contribution in [0.3, 0.4) is 0 Å². The molecule has 0 fully saturated rings. The summed E-state index contributed by atoms with van der Waals surface area (Å²) in [5.41, 5.74) is 7.64. The molecule has 0 aliphatic carbocycles. The molecule has 0 N–H and O–H groups in total. The van der Waals surface area contributed by atoms with Crippen molar-refractivity contribution in [1.82, 2.24) is 0 Å². The number of hydrogen-bond donors (Lipinski definition) is 0. The molecule has 0 bridgehead atoms. The Hall–Kier alpha value is -1.56. The zero-order chi connectivity index (χ0) is 56.3. The van der Waals surface area contributed by atoms with E-state index >= 15 is 0 Å². The Kier molecular flexibility index (Phi) is 59.2. The van der Waals surface area contributed by atoms with E-state index in [4.69, 9.17) is 9.98 Å². The largest absolute Gasteiger partial charge is 0.252 e. The van der Waals surface area contributed by atoms with Gasteiger partial charge in [0, 0.05) is 20.4 Å². The molecular weight excluding hydrogens is 1060 g/mol. The first-order valence-corrected chi connectivity index (χ1v) is 36.5. The van der Waals surface area contributed by atoms with Crippen LogP contribution in [0.25, 0.3) is 0 Å². The van der Waals surface area contributed by atoms with E-state index in [2.05, 4.69) is 76.2 Å². The van der Waals surface area contributed by atoms with Crippen molar-refractivity contribution in [2.45, 2.75) is 407 Å². The van der Waals surface area contributed by atoms with Crippen molar-refractivity contribution in [2.24, 2.45) is 9.98 Å². The van der Waals surface area contributed by atoms with Crippen LogP contribution in [0.15, 0.2) is 58.5 Å². The molecule has 0 saturated heterocycles. The Morgan fingerprint density at radius 3 is 0.675 bits per heavy atom. The summed E-state index contributed by atoms with van der Waals surface area (Å²) in [7, 11) is 0. The van der Waals surface area contributed by atoms with Crippen LogP contribution in [0.5, 0.6) is 0 Å². The van der Waals surface area contributed by atoms with Gasteiger partial charge in [0.15, 0.2) is 0 Å². The van der Waals surface area contributed by atoms with Crippen molar-refractivity contribution >= 4 is 22.8 Å². The fourth-order valence-corrected chi connectivity index (χ4v) is 12.2. The van der Waals surface area contributed by atoms with Crippen molar-refractivity contribution in [3.8, 4) is 0 Å². The number of benzene rings is 2. The maximum absolute atomic E-state index is 5.55. The minimum Gasteiger partial charge on any atom is -0.252 e. The van der Waals surface area contributed by atoms with Crippen LogP contribution in [-0.4, -0.2) is 11.4 Å². The number of unbranched alkanes of at least 4 members (excludes halogenated alkanes) is 51. The number of nitrogens with zero attached hydrogens (tertiary/aromatic N) is 2. The number of hydrogen-bond acceptors (Lipinski definition) is 2. The minimum atomic E-state index is 0. The summed E-state index contributed by atoms with van der Waals surface area (Å²) in [5, 5.41) is 0. The van der Waals surface area contributed by atoms with Gasteiger partial charge >= 0.3 is 0 Å². The van der Waals surface area contributed by atoms with Crippen LogP contribution in [0.1, 0.15) is 405 Å². The van der Waals surface area contributed by atoms with E-state index in [-0.39, 0.29) is 20.4 Å². The molecule has 0 atom stereocenters. The van der Waals surface area contributed by atoms with E-state index in [0.717, 1.165) is 30.6 Å². The average Bonchev–Trinajstić information content (AvgIpc) is 3.46. The van der Waals surface area contributed by atoms with Gasteiger partial charge < -0.3 is 0 Å². The second kappa shape index (κ2) is 62.0. The second-order valence-corrected chi connectivity index (χ2v) is 25.5. The Morgan fingerprint density at radius 1 is 0.237 bits per heavy atom. The SMILES string of the molecule is CCCCCCCCCCCCCCCCCCCCCC(=Nc1cccc(CCCCCCCCCCCCCCCCCCC)c1)C(CCCC)=Nc1cccc(CCCCCCCCCCCCCCCCCCC)c1.[Pd]. The van der Waals surface area contributed by atoms with E-state index < -0.39 is 0 Å². The van der Waals surface area contributed by atoms with Gasteiger partial charge in [-0.15, -0.1) is 0 Å². The molecule has 0 aromatic heterocycles. The first kappa shape index (κ1) is 76.5. The molecule has 80 heavy (non-hydrogen) atoms. The topological polar surface area (TPSA) is 24.7 Å². The Balaban J connectivity index is 0.0000320. The number of aliphatic imine (C=N–C) groups is 2. The fraction of sp³-hybridized carbons (Fsp3) is 0.818. The molecule has 2 aromatic rings. The van der Waals surface area contributed by atoms with Gasteiger partial charge in [-0.05, 0) is 86.8 Å². The fourth-order valence-electron chi connectivity index (χ4n) is 12.2. The van der Waals surface area contributed by atoms with Crippen LogP contribution < -0.4 is 0 Å². The Labute approximate surface area is 516 Å². The predicted octanol–water partition coefficient (Wildman–Crippen LogP) is 27.9. The van der Waals surface area contributed by atoms with Gasteiger partial charge in [0.25, 0.3) is 0 Å². The predicted molar refractivity (Wildman–Crippen MR) is 360 cm³/mol. The van der Waals surface area contributed by atoms with Crippen molar-refractivity contribution in [3.63, 3.8) is 0 Å². The smallest absolute Gasteiger partial charge is 0.0636 e. The zero-order valence-corrected chi connectivity index (χ0v) is 56.1. The Bertz CT molecular complexity index is 1610. The van der Waals surface area contributed by atoms with Crippen molar-refractivity contribution in [1.29, 1.82) is 0 Å². The van der Waals surface area contributed by atoms with Gasteiger partial charge in [0.2, 0.25) is 0 Å². The standard InChI is InChI=1S/C77H138N2.Pd/c1-5-9-13-16-19-22-25-28-31-34-35-38-41-44-47-50-53-56-59-69-77(79-75-67-61-65-73(71-75)63-58-55-52-49-46-43-40-37-33-30-27-24-21-18-15-11-7-3)76(68-12-8-4)78-74-66-60-64-72(70-74)62-57-54-51-48-45-42-39-36-32-29-26-23-20-17-14-10-6-2;/h60-61,64-67,70-71H,5-59,62-63,68-69H2,1-4H3;. The van der Waals surface area contributed by atoms with Crippen LogP contribution in [0, 0.1) is 0 Å². The molecule has 0 spiro atoms. The van der Waals surface area contributed by atoms with Crippen LogP contribution in [-0.2, 0) is 33.3 Å². The minimum absolute atomic E-state index is 0. The number of rotatable bonds is 62. The molecule has 2 aromatic carbocycles. The monoisotopic (exact) mass is 1200 g/mol.